The Labute approximate surface area is 90.6 Å². The third-order valence-electron chi connectivity index (χ3n) is 2.65. The molecule has 6 nitrogen and oxygen atoms in total. The molecule has 1 N–H and O–H groups in total. The van der Waals surface area contributed by atoms with Crippen molar-refractivity contribution >= 4 is 11.5 Å². The van der Waals surface area contributed by atoms with Gasteiger partial charge < -0.3 is 9.84 Å². The lowest BCUT2D eigenvalue weighted by atomic mass is 10.1. The van der Waals surface area contributed by atoms with Crippen LogP contribution in [0.3, 0.4) is 0 Å². The van der Waals surface area contributed by atoms with Crippen molar-refractivity contribution in [1.82, 2.24) is 0 Å². The van der Waals surface area contributed by atoms with Gasteiger partial charge in [0.2, 0.25) is 5.75 Å². The smallest absolute Gasteiger partial charge is 0.318 e. The Morgan fingerprint density at radius 1 is 1.50 bits per heavy atom. The second kappa shape index (κ2) is 3.48. The summed E-state index contributed by atoms with van der Waals surface area (Å²) in [6.45, 7) is 0. The number of phenolic OH excluding ortho intramolecular Hbond substituents is 1. The number of nitro groups is 1. The van der Waals surface area contributed by atoms with Crippen LogP contribution >= 0.6 is 0 Å². The minimum Gasteiger partial charge on any atom is -0.500 e. The van der Waals surface area contributed by atoms with Gasteiger partial charge in [0, 0.05) is 17.5 Å². The maximum atomic E-state index is 11.5. The van der Waals surface area contributed by atoms with Crippen LogP contribution < -0.4 is 4.74 Å². The van der Waals surface area contributed by atoms with Crippen LogP contribution in [0.15, 0.2) is 6.07 Å². The molecule has 2 rings (SSSR count). The molecule has 1 aliphatic carbocycles. The van der Waals surface area contributed by atoms with Gasteiger partial charge in [-0.05, 0) is 12.5 Å². The number of phenols is 1. The molecule has 1 aromatic rings. The van der Waals surface area contributed by atoms with Crippen LogP contribution in [-0.4, -0.2) is 22.9 Å². The second-order valence-corrected chi connectivity index (χ2v) is 3.48. The quantitative estimate of drug-likeness (QED) is 0.605. The summed E-state index contributed by atoms with van der Waals surface area (Å²) >= 11 is 0. The average molecular weight is 223 g/mol. The van der Waals surface area contributed by atoms with E-state index in [9.17, 15) is 20.0 Å². The van der Waals surface area contributed by atoms with Crippen LogP contribution in [0.5, 0.6) is 11.5 Å². The molecule has 0 atom stereocenters. The summed E-state index contributed by atoms with van der Waals surface area (Å²) in [5, 5.41) is 20.5. The first kappa shape index (κ1) is 10.4. The predicted molar refractivity (Wildman–Crippen MR) is 54.0 cm³/mol. The number of hydrogen-bond donors (Lipinski definition) is 1. The zero-order chi connectivity index (χ0) is 11.9. The van der Waals surface area contributed by atoms with Gasteiger partial charge in [0.05, 0.1) is 12.0 Å². The van der Waals surface area contributed by atoms with Gasteiger partial charge in [-0.15, -0.1) is 0 Å². The minimum atomic E-state index is -0.685. The lowest BCUT2D eigenvalue weighted by Gasteiger charge is -2.07. The van der Waals surface area contributed by atoms with Gasteiger partial charge in [0.25, 0.3) is 0 Å². The largest absolute Gasteiger partial charge is 0.500 e. The number of hydrogen-bond acceptors (Lipinski definition) is 5. The number of methoxy groups -OCH3 is 1. The highest BCUT2D eigenvalue weighted by molar-refractivity contribution is 6.02. The molecular weight excluding hydrogens is 214 g/mol. The van der Waals surface area contributed by atoms with Crippen molar-refractivity contribution in [3.05, 3.63) is 27.3 Å². The first-order chi connectivity index (χ1) is 7.56. The van der Waals surface area contributed by atoms with Gasteiger partial charge in [0.1, 0.15) is 0 Å². The van der Waals surface area contributed by atoms with E-state index in [1.165, 1.54) is 13.2 Å². The monoisotopic (exact) mass is 223 g/mol. The molecule has 0 saturated heterocycles. The molecule has 0 aliphatic heterocycles. The van der Waals surface area contributed by atoms with Crippen LogP contribution in [-0.2, 0) is 6.42 Å². The number of fused-ring (bicyclic) bond motifs is 1. The Kier molecular flexibility index (Phi) is 2.26. The van der Waals surface area contributed by atoms with Crippen LogP contribution in [0, 0.1) is 10.1 Å². The van der Waals surface area contributed by atoms with Crippen molar-refractivity contribution in [3.8, 4) is 11.5 Å². The van der Waals surface area contributed by atoms with Crippen LogP contribution in [0.1, 0.15) is 22.3 Å². The van der Waals surface area contributed by atoms with E-state index < -0.39 is 16.4 Å². The number of benzene rings is 1. The first-order valence-electron chi connectivity index (χ1n) is 4.66. The number of Topliss-reactive ketones (excluding diaryl/α,β-unsaturated/α-hetero) is 1. The molecule has 1 aromatic carbocycles. The van der Waals surface area contributed by atoms with Crippen molar-refractivity contribution in [2.45, 2.75) is 12.8 Å². The maximum Gasteiger partial charge on any atom is 0.318 e. The normalized spacial score (nSPS) is 13.7. The van der Waals surface area contributed by atoms with Crippen molar-refractivity contribution in [2.75, 3.05) is 7.11 Å². The molecule has 0 aromatic heterocycles. The number of rotatable bonds is 2. The molecule has 1 aliphatic rings. The zero-order valence-corrected chi connectivity index (χ0v) is 8.52. The summed E-state index contributed by atoms with van der Waals surface area (Å²) in [5.41, 5.74) is 0.162. The Morgan fingerprint density at radius 3 is 2.75 bits per heavy atom. The number of nitro benzene ring substituents is 1. The van der Waals surface area contributed by atoms with Gasteiger partial charge >= 0.3 is 5.69 Å². The van der Waals surface area contributed by atoms with Crippen molar-refractivity contribution < 1.29 is 19.6 Å². The molecule has 6 heteroatoms. The van der Waals surface area contributed by atoms with E-state index in [-0.39, 0.29) is 23.5 Å². The summed E-state index contributed by atoms with van der Waals surface area (Å²) in [6, 6.07) is 1.35. The number of ether oxygens (including phenoxy) is 1. The Balaban J connectivity index is 2.76. The number of ketones is 1. The second-order valence-electron chi connectivity index (χ2n) is 3.48. The Hall–Kier alpha value is -2.11. The van der Waals surface area contributed by atoms with Crippen molar-refractivity contribution in [3.63, 3.8) is 0 Å². The lowest BCUT2D eigenvalue weighted by molar-refractivity contribution is -0.386. The van der Waals surface area contributed by atoms with Gasteiger partial charge in [-0.1, -0.05) is 0 Å². The van der Waals surface area contributed by atoms with E-state index in [4.69, 9.17) is 4.74 Å². The van der Waals surface area contributed by atoms with Gasteiger partial charge in [-0.3, -0.25) is 14.9 Å². The van der Waals surface area contributed by atoms with Crippen molar-refractivity contribution in [1.29, 1.82) is 0 Å². The molecule has 0 spiro atoms. The van der Waals surface area contributed by atoms with Crippen LogP contribution in [0.4, 0.5) is 5.69 Å². The molecule has 0 bridgehead atoms. The molecule has 0 fully saturated rings. The highest BCUT2D eigenvalue weighted by Crippen LogP contribution is 2.43. The highest BCUT2D eigenvalue weighted by Gasteiger charge is 2.33. The molecule has 0 unspecified atom stereocenters. The van der Waals surface area contributed by atoms with Gasteiger partial charge in [-0.25, -0.2) is 0 Å². The fourth-order valence-corrected chi connectivity index (χ4v) is 1.90. The molecule has 0 amide bonds. The zero-order valence-electron chi connectivity index (χ0n) is 8.52. The third-order valence-corrected chi connectivity index (χ3v) is 2.65. The summed E-state index contributed by atoms with van der Waals surface area (Å²) in [6.07, 6.45) is 0.533. The first-order valence-corrected chi connectivity index (χ1v) is 4.66. The molecule has 0 heterocycles. The minimum absolute atomic E-state index is 0.0410. The van der Waals surface area contributed by atoms with E-state index in [0.717, 1.165) is 0 Å². The van der Waals surface area contributed by atoms with E-state index in [2.05, 4.69) is 0 Å². The van der Waals surface area contributed by atoms with E-state index in [1.807, 2.05) is 0 Å². The Bertz CT molecular complexity index is 494. The third kappa shape index (κ3) is 1.30. The van der Waals surface area contributed by atoms with Crippen LogP contribution in [0.2, 0.25) is 0 Å². The van der Waals surface area contributed by atoms with Crippen molar-refractivity contribution in [2.24, 2.45) is 0 Å². The summed E-state index contributed by atoms with van der Waals surface area (Å²) in [4.78, 5) is 21.6. The standard InChI is InChI=1S/C10H9NO5/c1-16-8-4-6-5(2-3-7(6)12)9(10(8)13)11(14)15/h4,13H,2-3H2,1H3. The lowest BCUT2D eigenvalue weighted by Crippen LogP contribution is -1.99. The van der Waals surface area contributed by atoms with E-state index in [0.29, 0.717) is 12.0 Å². The molecule has 84 valence electrons. The molecule has 0 radical (unpaired) electrons. The topological polar surface area (TPSA) is 89.7 Å². The van der Waals surface area contributed by atoms with E-state index >= 15 is 0 Å². The van der Waals surface area contributed by atoms with E-state index in [1.54, 1.807) is 0 Å². The summed E-state index contributed by atoms with van der Waals surface area (Å²) < 4.78 is 4.80. The SMILES string of the molecule is COc1cc2c(c([N+](=O)[O-])c1O)CCC2=O. The molecule has 16 heavy (non-hydrogen) atoms. The number of aromatic hydroxyl groups is 1. The molecule has 0 saturated carbocycles. The number of carbonyl (C=O) groups is 1. The highest BCUT2D eigenvalue weighted by atomic mass is 16.6. The maximum absolute atomic E-state index is 11.5. The number of nitrogens with zero attached hydrogens (tertiary/aromatic N) is 1. The Morgan fingerprint density at radius 2 is 2.19 bits per heavy atom. The van der Waals surface area contributed by atoms with Gasteiger partial charge in [-0.2, -0.15) is 0 Å². The fourth-order valence-electron chi connectivity index (χ4n) is 1.90. The molecular formula is C10H9NO5. The van der Waals surface area contributed by atoms with Gasteiger partial charge in [0.15, 0.2) is 11.5 Å². The number of carbonyl (C=O) groups excluding carboxylic acids is 1. The summed E-state index contributed by atoms with van der Waals surface area (Å²) in [7, 11) is 1.28. The van der Waals surface area contributed by atoms with Crippen LogP contribution in [0.25, 0.3) is 0 Å². The summed E-state index contributed by atoms with van der Waals surface area (Å²) in [5.74, 6) is -0.710. The predicted octanol–water partition coefficient (Wildman–Crippen LogP) is 1.44. The fraction of sp³-hybridized carbons (Fsp3) is 0.300. The average Bonchev–Trinajstić information content (AvgIpc) is 2.58.